The van der Waals surface area contributed by atoms with Gasteiger partial charge in [0.2, 0.25) is 5.82 Å². The minimum absolute atomic E-state index is 1.41. The smallest absolute Gasteiger partial charge is 0.339 e. The molecule has 16 heavy (non-hydrogen) atoms. The molecule has 0 atom stereocenters. The number of hydrogen-bond donors (Lipinski definition) is 3. The Morgan fingerprint density at radius 2 is 1.50 bits per heavy atom. The van der Waals surface area contributed by atoms with Gasteiger partial charge in [0.25, 0.3) is 5.91 Å². The van der Waals surface area contributed by atoms with Gasteiger partial charge in [0.05, 0.1) is 5.56 Å². The van der Waals surface area contributed by atoms with Crippen molar-refractivity contribution in [2.45, 2.75) is 0 Å². The fourth-order valence-electron chi connectivity index (χ4n) is 1.08. The molecule has 0 aliphatic heterocycles. The Kier molecular flexibility index (Phi) is 2.75. The van der Waals surface area contributed by atoms with E-state index in [1.807, 2.05) is 0 Å². The van der Waals surface area contributed by atoms with E-state index in [9.17, 15) is 22.8 Å². The molecule has 0 fully saturated rings. The van der Waals surface area contributed by atoms with Gasteiger partial charge in [-0.2, -0.15) is 4.39 Å². The van der Waals surface area contributed by atoms with Crippen LogP contribution in [0, 0.1) is 17.5 Å². The van der Waals surface area contributed by atoms with Crippen molar-refractivity contribution in [1.82, 2.24) is 0 Å². The molecular weight excluding hydrogens is 231 g/mol. The van der Waals surface area contributed by atoms with Crippen LogP contribution in [0.3, 0.4) is 0 Å². The molecular formula is C8H4F3NO4. The Hall–Kier alpha value is -2.25. The van der Waals surface area contributed by atoms with Crippen LogP contribution in [0.1, 0.15) is 20.7 Å². The first-order chi connectivity index (χ1) is 7.29. The normalized spacial score (nSPS) is 10.2. The number of halogens is 3. The minimum Gasteiger partial charge on any atom is -0.503 e. The van der Waals surface area contributed by atoms with Gasteiger partial charge in [-0.25, -0.2) is 13.6 Å². The molecule has 1 rings (SSSR count). The molecule has 0 radical (unpaired) electrons. The number of phenolic OH excluding ortho intramolecular Hbond substituents is 1. The van der Waals surface area contributed by atoms with Gasteiger partial charge in [0.15, 0.2) is 17.4 Å². The Balaban J connectivity index is 3.83. The van der Waals surface area contributed by atoms with Gasteiger partial charge in [-0.3, -0.25) is 4.79 Å². The largest absolute Gasteiger partial charge is 0.503 e. The summed E-state index contributed by atoms with van der Waals surface area (Å²) in [5, 5.41) is 17.2. The number of phenols is 1. The number of carboxylic acids is 1. The summed E-state index contributed by atoms with van der Waals surface area (Å²) in [6.45, 7) is 0. The standard InChI is InChI=1S/C8H4F3NO4/c9-3-2(8(15)16)1(7(12)14)4(10)6(13)5(3)11/h13H,(H2,12,14)(H,15,16). The van der Waals surface area contributed by atoms with Crippen LogP contribution in [0.4, 0.5) is 13.2 Å². The van der Waals surface area contributed by atoms with E-state index in [4.69, 9.17) is 10.2 Å². The third-order valence-corrected chi connectivity index (χ3v) is 1.76. The van der Waals surface area contributed by atoms with Gasteiger partial charge < -0.3 is 15.9 Å². The van der Waals surface area contributed by atoms with Crippen molar-refractivity contribution in [2.24, 2.45) is 5.73 Å². The summed E-state index contributed by atoms with van der Waals surface area (Å²) in [6.07, 6.45) is 0. The van der Waals surface area contributed by atoms with E-state index < -0.39 is 46.2 Å². The monoisotopic (exact) mass is 235 g/mol. The molecule has 8 heteroatoms. The van der Waals surface area contributed by atoms with Crippen molar-refractivity contribution in [2.75, 3.05) is 0 Å². The maximum atomic E-state index is 13.1. The van der Waals surface area contributed by atoms with Crippen LogP contribution in [-0.2, 0) is 0 Å². The molecule has 0 aliphatic rings. The fourth-order valence-corrected chi connectivity index (χ4v) is 1.08. The second-order valence-corrected chi connectivity index (χ2v) is 2.71. The quantitative estimate of drug-likeness (QED) is 0.653. The van der Waals surface area contributed by atoms with Crippen molar-refractivity contribution in [3.63, 3.8) is 0 Å². The van der Waals surface area contributed by atoms with Gasteiger partial charge in [-0.1, -0.05) is 0 Å². The van der Waals surface area contributed by atoms with Gasteiger partial charge in [-0.05, 0) is 0 Å². The summed E-state index contributed by atoms with van der Waals surface area (Å²) in [7, 11) is 0. The van der Waals surface area contributed by atoms with E-state index in [1.165, 1.54) is 0 Å². The van der Waals surface area contributed by atoms with Crippen molar-refractivity contribution in [3.05, 3.63) is 28.6 Å². The third kappa shape index (κ3) is 1.53. The van der Waals surface area contributed by atoms with E-state index in [1.54, 1.807) is 0 Å². The summed E-state index contributed by atoms with van der Waals surface area (Å²) >= 11 is 0. The third-order valence-electron chi connectivity index (χ3n) is 1.76. The highest BCUT2D eigenvalue weighted by atomic mass is 19.2. The number of aromatic carboxylic acids is 1. The predicted molar refractivity (Wildman–Crippen MR) is 43.5 cm³/mol. The Morgan fingerprint density at radius 3 is 1.88 bits per heavy atom. The van der Waals surface area contributed by atoms with Gasteiger partial charge in [-0.15, -0.1) is 0 Å². The van der Waals surface area contributed by atoms with Crippen LogP contribution in [0.5, 0.6) is 5.75 Å². The lowest BCUT2D eigenvalue weighted by Gasteiger charge is -2.08. The van der Waals surface area contributed by atoms with Crippen LogP contribution in [0.25, 0.3) is 0 Å². The number of carbonyl (C=O) groups excluding carboxylic acids is 1. The Labute approximate surface area is 85.9 Å². The van der Waals surface area contributed by atoms with Crippen LogP contribution in [0.2, 0.25) is 0 Å². The predicted octanol–water partition coefficient (Wildman–Crippen LogP) is 0.607. The van der Waals surface area contributed by atoms with Gasteiger partial charge in [0, 0.05) is 0 Å². The molecule has 0 unspecified atom stereocenters. The maximum absolute atomic E-state index is 13.1. The van der Waals surface area contributed by atoms with Crippen molar-refractivity contribution < 1.29 is 33.0 Å². The summed E-state index contributed by atoms with van der Waals surface area (Å²) in [4.78, 5) is 21.2. The molecule has 1 aromatic carbocycles. The van der Waals surface area contributed by atoms with E-state index >= 15 is 0 Å². The second kappa shape index (κ2) is 3.72. The molecule has 4 N–H and O–H groups in total. The molecule has 5 nitrogen and oxygen atoms in total. The summed E-state index contributed by atoms with van der Waals surface area (Å²) < 4.78 is 38.9. The average molecular weight is 235 g/mol. The Bertz CT molecular complexity index is 456. The van der Waals surface area contributed by atoms with Gasteiger partial charge >= 0.3 is 5.97 Å². The zero-order valence-electron chi connectivity index (χ0n) is 7.42. The molecule has 0 aromatic heterocycles. The number of benzene rings is 1. The number of rotatable bonds is 2. The van der Waals surface area contributed by atoms with E-state index in [-0.39, 0.29) is 0 Å². The lowest BCUT2D eigenvalue weighted by Crippen LogP contribution is -2.21. The van der Waals surface area contributed by atoms with Crippen LogP contribution in [0.15, 0.2) is 0 Å². The summed E-state index contributed by atoms with van der Waals surface area (Å²) in [5.41, 5.74) is 1.63. The molecule has 0 heterocycles. The highest BCUT2D eigenvalue weighted by Gasteiger charge is 2.31. The molecule has 0 spiro atoms. The van der Waals surface area contributed by atoms with Crippen LogP contribution in [-0.4, -0.2) is 22.1 Å². The summed E-state index contributed by atoms with van der Waals surface area (Å²) in [6, 6.07) is 0. The van der Waals surface area contributed by atoms with E-state index in [2.05, 4.69) is 5.73 Å². The number of carboxylic acid groups (broad SMARTS) is 1. The number of nitrogens with two attached hydrogens (primary N) is 1. The number of amides is 1. The first-order valence-electron chi connectivity index (χ1n) is 3.71. The van der Waals surface area contributed by atoms with Crippen LogP contribution >= 0.6 is 0 Å². The first kappa shape index (κ1) is 11.8. The number of carbonyl (C=O) groups is 2. The zero-order valence-corrected chi connectivity index (χ0v) is 7.42. The van der Waals surface area contributed by atoms with Crippen molar-refractivity contribution >= 4 is 11.9 Å². The van der Waals surface area contributed by atoms with Crippen molar-refractivity contribution in [3.8, 4) is 5.75 Å². The maximum Gasteiger partial charge on any atom is 0.339 e. The minimum atomic E-state index is -2.10. The summed E-state index contributed by atoms with van der Waals surface area (Å²) in [5.74, 6) is -11.6. The molecule has 0 saturated heterocycles. The second-order valence-electron chi connectivity index (χ2n) is 2.71. The molecule has 0 bridgehead atoms. The molecule has 0 saturated carbocycles. The highest BCUT2D eigenvalue weighted by Crippen LogP contribution is 2.29. The van der Waals surface area contributed by atoms with E-state index in [0.717, 1.165) is 0 Å². The van der Waals surface area contributed by atoms with E-state index in [0.29, 0.717) is 0 Å². The van der Waals surface area contributed by atoms with Gasteiger partial charge in [0.1, 0.15) is 5.56 Å². The zero-order chi connectivity index (χ0) is 12.6. The molecule has 0 aliphatic carbocycles. The molecule has 1 amide bonds. The highest BCUT2D eigenvalue weighted by molar-refractivity contribution is 6.04. The molecule has 86 valence electrons. The van der Waals surface area contributed by atoms with Crippen LogP contribution < -0.4 is 5.73 Å². The first-order valence-corrected chi connectivity index (χ1v) is 3.71. The van der Waals surface area contributed by atoms with Crippen molar-refractivity contribution in [1.29, 1.82) is 0 Å². The number of primary amides is 1. The lowest BCUT2D eigenvalue weighted by molar-refractivity contribution is 0.0684. The Morgan fingerprint density at radius 1 is 1.00 bits per heavy atom. The lowest BCUT2D eigenvalue weighted by atomic mass is 10.0. The topological polar surface area (TPSA) is 101 Å². The number of hydrogen-bond acceptors (Lipinski definition) is 3. The SMILES string of the molecule is NC(=O)c1c(F)c(O)c(F)c(F)c1C(=O)O. The average Bonchev–Trinajstić information content (AvgIpc) is 2.18. The fraction of sp³-hybridized carbons (Fsp3) is 0. The molecule has 1 aromatic rings. The number of aromatic hydroxyl groups is 1.